The molecule has 10 aliphatic rings. The Labute approximate surface area is 785 Å². The van der Waals surface area contributed by atoms with Gasteiger partial charge < -0.3 is 28.4 Å². The smallest absolute Gasteiger partial charge is 0.154 e. The van der Waals surface area contributed by atoms with Crippen LogP contribution in [-0.2, 0) is 28.4 Å². The number of aryl methyl sites for hydroxylation is 8. The zero-order valence-corrected chi connectivity index (χ0v) is 85.7. The molecule has 3 saturated carbocycles. The molecule has 7 fully saturated rings. The van der Waals surface area contributed by atoms with Gasteiger partial charge in [0, 0.05) is 36.2 Å². The number of ether oxygens (including phenoxy) is 6. The van der Waals surface area contributed by atoms with Crippen LogP contribution in [0.2, 0.25) is 0 Å². The van der Waals surface area contributed by atoms with Crippen LogP contribution in [0.1, 0.15) is 363 Å². The Kier molecular flexibility index (Phi) is 70.3. The highest BCUT2D eigenvalue weighted by molar-refractivity contribution is 5.26. The summed E-state index contributed by atoms with van der Waals surface area (Å²) >= 11 is 0. The zero-order valence-electron chi connectivity index (χ0n) is 85.7. The van der Waals surface area contributed by atoms with E-state index in [1.807, 2.05) is 39.8 Å². The Morgan fingerprint density at radius 3 is 0.633 bits per heavy atom. The van der Waals surface area contributed by atoms with Crippen molar-refractivity contribution >= 4 is 0 Å². The lowest BCUT2D eigenvalue weighted by Gasteiger charge is -2.24. The maximum absolute atomic E-state index is 12.6. The van der Waals surface area contributed by atoms with Gasteiger partial charge in [-0.25, -0.2) is 26.3 Å². The fourth-order valence-corrected chi connectivity index (χ4v) is 14.6. The van der Waals surface area contributed by atoms with Gasteiger partial charge in [0.2, 0.25) is 0 Å². The summed E-state index contributed by atoms with van der Waals surface area (Å²) in [6.07, 6.45) is 44.2. The molecular weight excluding hydrogens is 1600 g/mol. The summed E-state index contributed by atoms with van der Waals surface area (Å²) in [4.78, 5) is 0. The Balaban J connectivity index is 0. The number of rotatable bonds is 0. The first-order valence-electron chi connectivity index (χ1n) is 49.3. The van der Waals surface area contributed by atoms with Crippen LogP contribution >= 0.6 is 0 Å². The second-order valence-corrected chi connectivity index (χ2v) is 40.6. The largest absolute Gasteiger partial charge is 0.378 e. The first-order valence-corrected chi connectivity index (χ1v) is 49.3. The van der Waals surface area contributed by atoms with Crippen molar-refractivity contribution in [3.8, 4) is 0 Å². The fraction of sp³-hybridized carbons (Fsp3) is 0.690. The Morgan fingerprint density at radius 2 is 0.453 bits per heavy atom. The number of hydrogen-bond donors (Lipinski definition) is 0. The Morgan fingerprint density at radius 1 is 0.227 bits per heavy atom. The second-order valence-electron chi connectivity index (χ2n) is 40.6. The lowest BCUT2D eigenvalue weighted by atomic mass is 9.84. The van der Waals surface area contributed by atoms with Crippen LogP contribution in [-0.4, -0.2) is 64.4 Å². The van der Waals surface area contributed by atoms with Gasteiger partial charge in [0.1, 0.15) is 34.9 Å². The molecule has 5 aromatic carbocycles. The van der Waals surface area contributed by atoms with Gasteiger partial charge in [-0.05, 0) is 329 Å². The number of allylic oxidation sites excluding steroid dienone is 6. The molecule has 12 heteroatoms. The van der Waals surface area contributed by atoms with Gasteiger partial charge in [-0.15, -0.1) is 0 Å². The molecule has 0 bridgehead atoms. The van der Waals surface area contributed by atoms with Crippen LogP contribution in [0.3, 0.4) is 0 Å². The molecule has 6 aliphatic carbocycles. The molecule has 0 amide bonds. The van der Waals surface area contributed by atoms with Crippen LogP contribution in [0.4, 0.5) is 26.3 Å². The summed E-state index contributed by atoms with van der Waals surface area (Å²) in [6, 6.07) is 24.2. The normalized spacial score (nSPS) is 27.0. The summed E-state index contributed by atoms with van der Waals surface area (Å²) < 4.78 is 107. The van der Waals surface area contributed by atoms with Crippen LogP contribution in [0.5, 0.6) is 0 Å². The molecular formula is C116H194F6O6. The van der Waals surface area contributed by atoms with E-state index in [1.54, 1.807) is 51.0 Å². The lowest BCUT2D eigenvalue weighted by molar-refractivity contribution is -0.187. The van der Waals surface area contributed by atoms with Gasteiger partial charge >= 0.3 is 0 Å². The standard InChI is InChI=1S/2C8H8F2.2C8H9F.3C8H16.3C8H14.C8H10.2C7H14O.2C6H12O2.2CH4/c2*1-5-3-7(9)6(2)8(10)4-5;2*1-6-3-4-7(2)8(9)5-6;7*1-7-3-5-8(2)6-4-7;2*1-6-3-4-7(2)8-5-6;2*1-5-3-7-6(2)8-4-5;;/h2*3-4H,1-2H3;2*3-5H,1-2H3;3*7-8H,3-6H2,1-2H3;2*3,8H,4-6H2,1-2H3;3,5,7-8H,4,6H2,1-2H3;3-6H,1-2H3;2*6-7H,3-5H2,1-2H3;2*5-6H,3-4H2,1-2H3;2*1H4. The predicted octanol–water partition coefficient (Wildman–Crippen LogP) is 35.9. The molecule has 8 atom stereocenters. The minimum absolute atomic E-state index is 0. The van der Waals surface area contributed by atoms with Crippen molar-refractivity contribution in [2.45, 2.75) is 401 Å². The molecule has 8 unspecified atom stereocenters. The van der Waals surface area contributed by atoms with E-state index in [4.69, 9.17) is 28.4 Å². The topological polar surface area (TPSA) is 55.4 Å². The van der Waals surface area contributed by atoms with Gasteiger partial charge in [-0.2, -0.15) is 0 Å². The monoisotopic (exact) mass is 1800 g/mol. The molecule has 128 heavy (non-hydrogen) atoms. The van der Waals surface area contributed by atoms with Crippen LogP contribution < -0.4 is 0 Å². The quantitative estimate of drug-likeness (QED) is 0.114. The van der Waals surface area contributed by atoms with E-state index < -0.39 is 23.3 Å². The van der Waals surface area contributed by atoms with Crippen LogP contribution in [0, 0.1) is 187 Å². The van der Waals surface area contributed by atoms with E-state index in [0.717, 1.165) is 122 Å². The highest BCUT2D eigenvalue weighted by Crippen LogP contribution is 2.31. The molecule has 736 valence electrons. The van der Waals surface area contributed by atoms with Gasteiger partial charge in [0.25, 0.3) is 0 Å². The predicted molar refractivity (Wildman–Crippen MR) is 542 cm³/mol. The molecule has 0 N–H and O–H groups in total. The van der Waals surface area contributed by atoms with Crippen molar-refractivity contribution in [1.29, 1.82) is 0 Å². The minimum Gasteiger partial charge on any atom is -0.378 e. The maximum atomic E-state index is 12.6. The van der Waals surface area contributed by atoms with Crippen molar-refractivity contribution in [1.82, 2.24) is 0 Å². The van der Waals surface area contributed by atoms with Gasteiger partial charge in [-0.1, -0.05) is 284 Å². The highest BCUT2D eigenvalue weighted by Gasteiger charge is 2.20. The van der Waals surface area contributed by atoms with Crippen molar-refractivity contribution in [3.63, 3.8) is 0 Å². The summed E-state index contributed by atoms with van der Waals surface area (Å²) in [7, 11) is 0. The summed E-state index contributed by atoms with van der Waals surface area (Å²) in [5.74, 6) is 10.3. The van der Waals surface area contributed by atoms with Gasteiger partial charge in [0.15, 0.2) is 12.6 Å². The van der Waals surface area contributed by atoms with E-state index in [9.17, 15) is 26.3 Å². The van der Waals surface area contributed by atoms with Crippen LogP contribution in [0.15, 0.2) is 120 Å². The van der Waals surface area contributed by atoms with E-state index in [-0.39, 0.29) is 50.2 Å². The molecule has 15 rings (SSSR count). The second kappa shape index (κ2) is 72.2. The van der Waals surface area contributed by atoms with E-state index >= 15 is 0 Å². The molecule has 4 saturated heterocycles. The molecule has 4 heterocycles. The van der Waals surface area contributed by atoms with E-state index in [2.05, 4.69) is 187 Å². The lowest BCUT2D eigenvalue weighted by Crippen LogP contribution is -2.27. The summed E-state index contributed by atoms with van der Waals surface area (Å²) in [5, 5.41) is 0. The van der Waals surface area contributed by atoms with Gasteiger partial charge in [0.05, 0.1) is 38.6 Å². The first-order chi connectivity index (χ1) is 59.3. The maximum Gasteiger partial charge on any atom is 0.154 e. The Hall–Kier alpha value is -5.34. The zero-order chi connectivity index (χ0) is 95.0. The molecule has 5 aromatic rings. The molecule has 0 spiro atoms. The number of halogens is 6. The Bertz CT molecular complexity index is 3160. The van der Waals surface area contributed by atoms with Crippen molar-refractivity contribution in [3.05, 3.63) is 211 Å². The molecule has 4 aliphatic heterocycles. The third-order valence-corrected chi connectivity index (χ3v) is 25.2. The average molecular weight is 1800 g/mol. The number of benzene rings is 5. The van der Waals surface area contributed by atoms with Gasteiger partial charge in [-0.3, -0.25) is 0 Å². The van der Waals surface area contributed by atoms with Crippen molar-refractivity contribution in [2.75, 3.05) is 39.6 Å². The summed E-state index contributed by atoms with van der Waals surface area (Å²) in [6.45, 7) is 67.7. The molecule has 0 radical (unpaired) electrons. The fourth-order valence-electron chi connectivity index (χ4n) is 14.6. The first kappa shape index (κ1) is 125. The SMILES string of the molecule is C.C.CC1=CCC(C)CC1.CC1=CCC(C)CC1.CC1C=CC(C)CC1.CC1CCC(C)CC1.CC1CCC(C)CC1.CC1CCC(C)CC1.CC1CCC(C)OC1.CC1CCC(C)OC1.CC1COC(C)OC1.CC1COC(C)OC1.Cc1cc(F)c(C)c(F)c1.Cc1cc(F)c(C)c(F)c1.Cc1ccc(C)c(F)c1.Cc1ccc(C)c(F)c1.Cc1ccc(C)cc1. The average Bonchev–Trinajstić information content (AvgIpc) is 0.871. The number of hydrogen-bond acceptors (Lipinski definition) is 6. The van der Waals surface area contributed by atoms with Crippen molar-refractivity contribution in [2.24, 2.45) is 82.9 Å². The third-order valence-electron chi connectivity index (χ3n) is 25.2. The van der Waals surface area contributed by atoms with Crippen molar-refractivity contribution < 1.29 is 54.8 Å². The third kappa shape index (κ3) is 65.3. The summed E-state index contributed by atoms with van der Waals surface area (Å²) in [5.41, 5.74) is 10.6. The minimum atomic E-state index is -0.475. The molecule has 6 nitrogen and oxygen atoms in total. The molecule has 0 aromatic heterocycles. The van der Waals surface area contributed by atoms with Crippen LogP contribution in [0.25, 0.3) is 0 Å². The highest BCUT2D eigenvalue weighted by atomic mass is 19.2. The van der Waals surface area contributed by atoms with E-state index in [0.29, 0.717) is 46.3 Å². The van der Waals surface area contributed by atoms with E-state index in [1.165, 1.54) is 215 Å².